The molecule has 0 saturated heterocycles. The molecule has 4 aliphatic rings. The van der Waals surface area contributed by atoms with Gasteiger partial charge in [0.1, 0.15) is 0 Å². The van der Waals surface area contributed by atoms with E-state index in [0.29, 0.717) is 36.5 Å². The smallest absolute Gasteiger partial charge is 0.155 e. The van der Waals surface area contributed by atoms with Crippen molar-refractivity contribution in [3.63, 3.8) is 0 Å². The number of ketones is 1. The van der Waals surface area contributed by atoms with E-state index in [1.807, 2.05) is 0 Å². The number of hydrogen-bond donors (Lipinski definition) is 1. The molecule has 3 fully saturated rings. The van der Waals surface area contributed by atoms with Crippen LogP contribution in [0.2, 0.25) is 0 Å². The fourth-order valence-corrected chi connectivity index (χ4v) is 6.46. The highest BCUT2D eigenvalue weighted by Gasteiger charge is 2.59. The minimum atomic E-state index is -0.702. The largest absolute Gasteiger partial charge is 0.385 e. The molecule has 0 bridgehead atoms. The Morgan fingerprint density at radius 2 is 2.00 bits per heavy atom. The van der Waals surface area contributed by atoms with E-state index >= 15 is 0 Å². The van der Waals surface area contributed by atoms with Crippen LogP contribution in [-0.4, -0.2) is 16.5 Å². The summed E-state index contributed by atoms with van der Waals surface area (Å²) in [6.45, 7) is 2.39. The van der Waals surface area contributed by atoms with Crippen molar-refractivity contribution in [2.75, 3.05) is 0 Å². The van der Waals surface area contributed by atoms with E-state index in [0.717, 1.165) is 37.7 Å². The van der Waals surface area contributed by atoms with Crippen LogP contribution in [-0.2, 0) is 4.79 Å². The first-order chi connectivity index (χ1) is 10.5. The van der Waals surface area contributed by atoms with Crippen molar-refractivity contribution in [2.45, 2.75) is 63.9 Å². The zero-order valence-corrected chi connectivity index (χ0v) is 13.5. The third kappa shape index (κ3) is 1.75. The lowest BCUT2D eigenvalue weighted by Crippen LogP contribution is -2.55. The zero-order valence-electron chi connectivity index (χ0n) is 13.5. The summed E-state index contributed by atoms with van der Waals surface area (Å²) in [4.78, 5) is 11.7. The van der Waals surface area contributed by atoms with E-state index in [2.05, 4.69) is 12.8 Å². The Morgan fingerprint density at radius 3 is 2.77 bits per heavy atom. The molecule has 118 valence electrons. The monoisotopic (exact) mass is 298 g/mol. The molecule has 0 radical (unpaired) electrons. The van der Waals surface area contributed by atoms with Gasteiger partial charge in [0.05, 0.1) is 5.60 Å². The molecule has 0 unspecified atom stereocenters. The van der Waals surface area contributed by atoms with Gasteiger partial charge in [-0.25, -0.2) is 0 Å². The van der Waals surface area contributed by atoms with Gasteiger partial charge in [-0.2, -0.15) is 0 Å². The summed E-state index contributed by atoms with van der Waals surface area (Å²) < 4.78 is 0. The number of carbonyl (C=O) groups excluding carboxylic acids is 1. The van der Waals surface area contributed by atoms with Gasteiger partial charge >= 0.3 is 0 Å². The fourth-order valence-electron chi connectivity index (χ4n) is 6.46. The molecule has 22 heavy (non-hydrogen) atoms. The highest BCUT2D eigenvalue weighted by molar-refractivity contribution is 5.92. The van der Waals surface area contributed by atoms with Crippen LogP contribution in [0, 0.1) is 41.4 Å². The second-order valence-corrected chi connectivity index (χ2v) is 8.32. The summed E-state index contributed by atoms with van der Waals surface area (Å²) in [5, 5.41) is 11.4. The zero-order chi connectivity index (χ0) is 15.5. The van der Waals surface area contributed by atoms with Gasteiger partial charge in [0, 0.05) is 12.3 Å². The molecule has 0 aromatic heterocycles. The summed E-state index contributed by atoms with van der Waals surface area (Å²) in [6, 6.07) is 0. The van der Waals surface area contributed by atoms with Crippen LogP contribution >= 0.6 is 0 Å². The molecule has 0 aromatic carbocycles. The van der Waals surface area contributed by atoms with Crippen molar-refractivity contribution in [3.05, 3.63) is 11.6 Å². The maximum atomic E-state index is 11.7. The second kappa shape index (κ2) is 4.71. The molecule has 4 rings (SSSR count). The SMILES string of the molecule is C#C[C@H]1CC[C@H]2[C@@H]3CCC4=CC(=O)CC[C@]4(O)[C@H]3CC[C@]12C. The number of hydrogen-bond acceptors (Lipinski definition) is 2. The van der Waals surface area contributed by atoms with Crippen LogP contribution in [0.15, 0.2) is 11.6 Å². The Morgan fingerprint density at radius 1 is 1.18 bits per heavy atom. The second-order valence-electron chi connectivity index (χ2n) is 8.32. The van der Waals surface area contributed by atoms with Gasteiger partial charge in [-0.3, -0.25) is 4.79 Å². The van der Waals surface area contributed by atoms with E-state index < -0.39 is 5.60 Å². The van der Waals surface area contributed by atoms with Crippen LogP contribution in [0.25, 0.3) is 0 Å². The predicted octanol–water partition coefficient (Wildman–Crippen LogP) is 3.49. The quantitative estimate of drug-likeness (QED) is 0.695. The molecule has 2 nitrogen and oxygen atoms in total. The number of aliphatic hydroxyl groups is 1. The average Bonchev–Trinajstić information content (AvgIpc) is 2.84. The predicted molar refractivity (Wildman–Crippen MR) is 85.9 cm³/mol. The maximum Gasteiger partial charge on any atom is 0.155 e. The first-order valence-corrected chi connectivity index (χ1v) is 8.91. The Labute approximate surface area is 133 Å². The highest BCUT2D eigenvalue weighted by atomic mass is 16.3. The van der Waals surface area contributed by atoms with Crippen molar-refractivity contribution in [2.24, 2.45) is 29.1 Å². The maximum absolute atomic E-state index is 11.7. The van der Waals surface area contributed by atoms with Crippen LogP contribution in [0.4, 0.5) is 0 Å². The fraction of sp³-hybridized carbons (Fsp3) is 0.750. The van der Waals surface area contributed by atoms with Gasteiger partial charge in [-0.05, 0) is 79.8 Å². The molecule has 3 saturated carbocycles. The molecule has 2 heteroatoms. The van der Waals surface area contributed by atoms with Crippen molar-refractivity contribution in [3.8, 4) is 12.3 Å². The summed E-state index contributed by atoms with van der Waals surface area (Å²) in [5.41, 5.74) is 0.602. The minimum absolute atomic E-state index is 0.201. The number of fused-ring (bicyclic) bond motifs is 5. The minimum Gasteiger partial charge on any atom is -0.385 e. The van der Waals surface area contributed by atoms with Crippen molar-refractivity contribution in [1.82, 2.24) is 0 Å². The lowest BCUT2D eigenvalue weighted by molar-refractivity contribution is -0.125. The Balaban J connectivity index is 1.68. The first kappa shape index (κ1) is 14.5. The molecule has 0 spiro atoms. The number of terminal acetylenes is 1. The third-order valence-electron chi connectivity index (χ3n) is 7.64. The lowest BCUT2D eigenvalue weighted by atomic mass is 9.50. The number of rotatable bonds is 0. The van der Waals surface area contributed by atoms with Crippen LogP contribution < -0.4 is 0 Å². The summed E-state index contributed by atoms with van der Waals surface area (Å²) in [7, 11) is 0. The summed E-state index contributed by atoms with van der Waals surface area (Å²) in [5.74, 6) is 5.26. The highest BCUT2D eigenvalue weighted by Crippen LogP contribution is 2.64. The average molecular weight is 298 g/mol. The summed E-state index contributed by atoms with van der Waals surface area (Å²) in [6.07, 6.45) is 15.3. The van der Waals surface area contributed by atoms with Crippen molar-refractivity contribution < 1.29 is 9.90 Å². The molecule has 0 aliphatic heterocycles. The number of carbonyl (C=O) groups is 1. The molecule has 4 aliphatic carbocycles. The van der Waals surface area contributed by atoms with Gasteiger partial charge in [-0.15, -0.1) is 12.3 Å². The Hall–Kier alpha value is -1.07. The Bertz CT molecular complexity index is 583. The van der Waals surface area contributed by atoms with Crippen LogP contribution in [0.1, 0.15) is 58.3 Å². The topological polar surface area (TPSA) is 37.3 Å². The van der Waals surface area contributed by atoms with E-state index in [1.165, 1.54) is 6.42 Å². The molecular weight excluding hydrogens is 272 g/mol. The molecule has 0 aromatic rings. The van der Waals surface area contributed by atoms with Gasteiger partial charge in [0.2, 0.25) is 0 Å². The van der Waals surface area contributed by atoms with Gasteiger partial charge in [-0.1, -0.05) is 6.92 Å². The Kier molecular flexibility index (Phi) is 3.11. The molecule has 1 N–H and O–H groups in total. The first-order valence-electron chi connectivity index (χ1n) is 8.91. The van der Waals surface area contributed by atoms with Gasteiger partial charge in [0.15, 0.2) is 5.78 Å². The van der Waals surface area contributed by atoms with Crippen LogP contribution in [0.3, 0.4) is 0 Å². The van der Waals surface area contributed by atoms with Crippen molar-refractivity contribution >= 4 is 5.78 Å². The van der Waals surface area contributed by atoms with E-state index in [4.69, 9.17) is 6.42 Å². The lowest BCUT2D eigenvalue weighted by Gasteiger charge is -2.56. The standard InChI is InChI=1S/C20H26O2/c1-3-13-5-7-17-16-6-4-14-12-15(21)8-11-20(14,22)18(16)9-10-19(13,17)2/h1,12-13,16-18,22H,4-11H2,2H3/t13-,16-,17-,18-,19+,20+/m0/s1. The third-order valence-corrected chi connectivity index (χ3v) is 7.64. The molecule has 0 amide bonds. The van der Waals surface area contributed by atoms with E-state index in [9.17, 15) is 9.90 Å². The van der Waals surface area contributed by atoms with E-state index in [-0.39, 0.29) is 11.2 Å². The molecular formula is C20H26O2. The molecule has 6 atom stereocenters. The van der Waals surface area contributed by atoms with E-state index in [1.54, 1.807) is 6.08 Å². The van der Waals surface area contributed by atoms with Gasteiger partial charge in [0.25, 0.3) is 0 Å². The molecule has 0 heterocycles. The van der Waals surface area contributed by atoms with Crippen molar-refractivity contribution in [1.29, 1.82) is 0 Å². The van der Waals surface area contributed by atoms with Crippen LogP contribution in [0.5, 0.6) is 0 Å². The summed E-state index contributed by atoms with van der Waals surface area (Å²) >= 11 is 0. The normalized spacial score (nSPS) is 50.4. The van der Waals surface area contributed by atoms with Gasteiger partial charge < -0.3 is 5.11 Å².